The van der Waals surface area contributed by atoms with Crippen molar-refractivity contribution in [3.8, 4) is 0 Å². The van der Waals surface area contributed by atoms with E-state index in [-0.39, 0.29) is 26.1 Å². The number of aliphatic hydroxyl groups is 1. The van der Waals surface area contributed by atoms with Crippen LogP contribution in [0.2, 0.25) is 0 Å². The minimum absolute atomic E-state index is 0.0106. The van der Waals surface area contributed by atoms with Gasteiger partial charge in [0.25, 0.3) is 0 Å². The first kappa shape index (κ1) is 31.9. The normalized spacial score (nSPS) is 12.7. The number of alkyl carbamates (subject to hydrolysis) is 1. The zero-order valence-electron chi connectivity index (χ0n) is 23.0. The maximum atomic E-state index is 13.7. The van der Waals surface area contributed by atoms with Crippen molar-refractivity contribution in [1.82, 2.24) is 15.5 Å². The first-order valence-electron chi connectivity index (χ1n) is 12.8. The van der Waals surface area contributed by atoms with Crippen LogP contribution in [0.15, 0.2) is 24.3 Å². The van der Waals surface area contributed by atoms with Crippen LogP contribution in [0.3, 0.4) is 0 Å². The van der Waals surface area contributed by atoms with Crippen molar-refractivity contribution in [2.45, 2.75) is 84.9 Å². The summed E-state index contributed by atoms with van der Waals surface area (Å²) in [5.74, 6) is -1.52. The van der Waals surface area contributed by atoms with E-state index in [0.717, 1.165) is 18.4 Å². The molecule has 1 aromatic carbocycles. The second kappa shape index (κ2) is 15.9. The Kier molecular flexibility index (Phi) is 13.7. The van der Waals surface area contributed by atoms with E-state index in [9.17, 15) is 24.3 Å². The van der Waals surface area contributed by atoms with Crippen LogP contribution < -0.4 is 10.6 Å². The van der Waals surface area contributed by atoms with Crippen LogP contribution >= 0.6 is 0 Å². The number of rotatable bonds is 14. The Labute approximate surface area is 220 Å². The van der Waals surface area contributed by atoms with Crippen molar-refractivity contribution in [3.05, 3.63) is 35.4 Å². The number of hydrogen-bond acceptors (Lipinski definition) is 7. The number of carbonyl (C=O) groups excluding carboxylic acids is 4. The zero-order valence-corrected chi connectivity index (χ0v) is 23.0. The van der Waals surface area contributed by atoms with Crippen LogP contribution in [0.25, 0.3) is 0 Å². The molecule has 0 heterocycles. The number of esters is 1. The smallest absolute Gasteiger partial charge is 0.408 e. The number of nitrogens with zero attached hydrogens (tertiary/aromatic N) is 1. The molecule has 0 spiro atoms. The van der Waals surface area contributed by atoms with Gasteiger partial charge in [0, 0.05) is 13.1 Å². The molecule has 0 aliphatic heterocycles. The summed E-state index contributed by atoms with van der Waals surface area (Å²) in [7, 11) is 0. The van der Waals surface area contributed by atoms with Gasteiger partial charge < -0.3 is 30.1 Å². The predicted molar refractivity (Wildman–Crippen MR) is 140 cm³/mol. The molecule has 0 radical (unpaired) electrons. The van der Waals surface area contributed by atoms with Gasteiger partial charge in [-0.15, -0.1) is 0 Å². The highest BCUT2D eigenvalue weighted by Crippen LogP contribution is 2.26. The van der Waals surface area contributed by atoms with Gasteiger partial charge in [0.15, 0.2) is 0 Å². The van der Waals surface area contributed by atoms with Gasteiger partial charge >= 0.3 is 12.1 Å². The molecule has 0 saturated heterocycles. The summed E-state index contributed by atoms with van der Waals surface area (Å²) >= 11 is 0. The van der Waals surface area contributed by atoms with Gasteiger partial charge in [0.1, 0.15) is 17.7 Å². The van der Waals surface area contributed by atoms with E-state index >= 15 is 0 Å². The van der Waals surface area contributed by atoms with Crippen molar-refractivity contribution in [2.24, 2.45) is 0 Å². The molecule has 10 heteroatoms. The topological polar surface area (TPSA) is 134 Å². The molecular weight excluding hydrogens is 478 g/mol. The largest absolute Gasteiger partial charge is 0.466 e. The molecule has 0 aliphatic rings. The minimum Gasteiger partial charge on any atom is -0.466 e. The number of aryl methyl sites for hydroxylation is 1. The van der Waals surface area contributed by atoms with E-state index < -0.39 is 48.2 Å². The predicted octanol–water partition coefficient (Wildman–Crippen LogP) is 3.01. The Hall–Kier alpha value is -3.14. The summed E-state index contributed by atoms with van der Waals surface area (Å²) < 4.78 is 10.2. The highest BCUT2D eigenvalue weighted by molar-refractivity contribution is 5.92. The van der Waals surface area contributed by atoms with E-state index in [2.05, 4.69) is 10.6 Å². The summed E-state index contributed by atoms with van der Waals surface area (Å²) in [4.78, 5) is 52.7. The van der Waals surface area contributed by atoms with Gasteiger partial charge in [0.05, 0.1) is 19.6 Å². The first-order chi connectivity index (χ1) is 17.4. The van der Waals surface area contributed by atoms with Crippen molar-refractivity contribution in [1.29, 1.82) is 0 Å². The molecule has 1 rings (SSSR count). The summed E-state index contributed by atoms with van der Waals surface area (Å²) in [6, 6.07) is 4.86. The molecule has 0 bridgehead atoms. The molecule has 37 heavy (non-hydrogen) atoms. The lowest BCUT2D eigenvalue weighted by Gasteiger charge is -2.34. The standard InChI is InChI=1S/C27H43N3O7/c1-7-9-12-17-30(25(34)21(18-31)29-26(35)37-27(4,5)6)23(20-14-11-10-13-19(20)3)24(33)28-16-15-22(32)36-8-2/h10-11,13-14,21,23,31H,7-9,12,15-18H2,1-6H3,(H,28,33)(H,29,35). The fourth-order valence-electron chi connectivity index (χ4n) is 3.70. The van der Waals surface area contributed by atoms with E-state index in [1.165, 1.54) is 4.90 Å². The Morgan fingerprint density at radius 1 is 1.08 bits per heavy atom. The molecule has 208 valence electrons. The van der Waals surface area contributed by atoms with Gasteiger partial charge in [-0.1, -0.05) is 44.0 Å². The molecule has 3 amide bonds. The maximum Gasteiger partial charge on any atom is 0.408 e. The average molecular weight is 522 g/mol. The SMILES string of the molecule is CCCCCN(C(=O)C(CO)NC(=O)OC(C)(C)C)C(C(=O)NCCC(=O)OCC)c1ccccc1C. The Morgan fingerprint density at radius 3 is 2.32 bits per heavy atom. The number of unbranched alkanes of at least 4 members (excludes halogenated alkanes) is 2. The van der Waals surface area contributed by atoms with E-state index in [4.69, 9.17) is 9.47 Å². The van der Waals surface area contributed by atoms with E-state index in [1.807, 2.05) is 26.0 Å². The number of aliphatic hydroxyl groups excluding tert-OH is 1. The third-order valence-electron chi connectivity index (χ3n) is 5.43. The molecule has 0 aromatic heterocycles. The molecule has 10 nitrogen and oxygen atoms in total. The summed E-state index contributed by atoms with van der Waals surface area (Å²) in [6.07, 6.45) is 1.47. The van der Waals surface area contributed by atoms with Crippen molar-refractivity contribution in [3.63, 3.8) is 0 Å². The van der Waals surface area contributed by atoms with Crippen LogP contribution in [-0.4, -0.2) is 71.8 Å². The fourth-order valence-corrected chi connectivity index (χ4v) is 3.70. The highest BCUT2D eigenvalue weighted by Gasteiger charge is 2.36. The number of nitrogens with one attached hydrogen (secondary N) is 2. The van der Waals surface area contributed by atoms with E-state index in [0.29, 0.717) is 12.0 Å². The van der Waals surface area contributed by atoms with Gasteiger partial charge in [0.2, 0.25) is 11.8 Å². The molecule has 0 aliphatic carbocycles. The third-order valence-corrected chi connectivity index (χ3v) is 5.43. The summed E-state index contributed by atoms with van der Waals surface area (Å²) in [5.41, 5.74) is 0.605. The van der Waals surface area contributed by atoms with Crippen LogP contribution in [0.4, 0.5) is 4.79 Å². The summed E-state index contributed by atoms with van der Waals surface area (Å²) in [6.45, 7) is 10.5. The number of amides is 3. The van der Waals surface area contributed by atoms with Gasteiger partial charge in [-0.3, -0.25) is 14.4 Å². The molecule has 0 fully saturated rings. The van der Waals surface area contributed by atoms with Crippen molar-refractivity contribution in [2.75, 3.05) is 26.3 Å². The van der Waals surface area contributed by atoms with Crippen LogP contribution in [0.5, 0.6) is 0 Å². The molecule has 2 atom stereocenters. The van der Waals surface area contributed by atoms with E-state index in [1.54, 1.807) is 39.8 Å². The van der Waals surface area contributed by atoms with Gasteiger partial charge in [-0.25, -0.2) is 4.79 Å². The molecule has 3 N–H and O–H groups in total. The fraction of sp³-hybridized carbons (Fsp3) is 0.630. The quantitative estimate of drug-likeness (QED) is 0.253. The monoisotopic (exact) mass is 521 g/mol. The van der Waals surface area contributed by atoms with Crippen LogP contribution in [0, 0.1) is 6.92 Å². The lowest BCUT2D eigenvalue weighted by atomic mass is 9.97. The lowest BCUT2D eigenvalue weighted by molar-refractivity contribution is -0.144. The summed E-state index contributed by atoms with van der Waals surface area (Å²) in [5, 5.41) is 15.2. The van der Waals surface area contributed by atoms with Crippen LogP contribution in [0.1, 0.15) is 77.5 Å². The zero-order chi connectivity index (χ0) is 28.0. The minimum atomic E-state index is -1.31. The number of carbonyl (C=O) groups is 4. The molecule has 0 saturated carbocycles. The number of hydrogen-bond donors (Lipinski definition) is 3. The second-order valence-corrected chi connectivity index (χ2v) is 9.73. The Morgan fingerprint density at radius 2 is 1.76 bits per heavy atom. The second-order valence-electron chi connectivity index (χ2n) is 9.73. The van der Waals surface area contributed by atoms with Crippen molar-refractivity contribution < 1.29 is 33.8 Å². The van der Waals surface area contributed by atoms with Gasteiger partial charge in [-0.05, 0) is 52.2 Å². The Bertz CT molecular complexity index is 898. The Balaban J connectivity index is 3.32. The molecule has 2 unspecified atom stereocenters. The molecular formula is C27H43N3O7. The van der Waals surface area contributed by atoms with Gasteiger partial charge in [-0.2, -0.15) is 0 Å². The van der Waals surface area contributed by atoms with Crippen molar-refractivity contribution >= 4 is 23.9 Å². The van der Waals surface area contributed by atoms with Crippen LogP contribution in [-0.2, 0) is 23.9 Å². The average Bonchev–Trinajstić information content (AvgIpc) is 2.81. The third kappa shape index (κ3) is 11.2. The maximum absolute atomic E-state index is 13.7. The number of benzene rings is 1. The highest BCUT2D eigenvalue weighted by atomic mass is 16.6. The number of ether oxygens (including phenoxy) is 2. The lowest BCUT2D eigenvalue weighted by Crippen LogP contribution is -2.54. The molecule has 1 aromatic rings. The first-order valence-corrected chi connectivity index (χ1v) is 12.8.